The van der Waals surface area contributed by atoms with Gasteiger partial charge >= 0.3 is 6.18 Å². The number of benzene rings is 2. The summed E-state index contributed by atoms with van der Waals surface area (Å²) < 4.78 is 72.5. The van der Waals surface area contributed by atoms with Crippen LogP contribution >= 0.6 is 0 Å². The zero-order valence-electron chi connectivity index (χ0n) is 24.5. The van der Waals surface area contributed by atoms with Crippen LogP contribution in [-0.2, 0) is 29.6 Å². The fourth-order valence-corrected chi connectivity index (χ4v) is 4.32. The van der Waals surface area contributed by atoms with Gasteiger partial charge in [-0.3, -0.25) is 9.78 Å². The smallest absolute Gasteiger partial charge is 0.418 e. The van der Waals surface area contributed by atoms with E-state index < -0.39 is 41.2 Å². The van der Waals surface area contributed by atoms with Gasteiger partial charge in [0.05, 0.1) is 43.3 Å². The van der Waals surface area contributed by atoms with Crippen molar-refractivity contribution in [3.05, 3.63) is 95.2 Å². The lowest BCUT2D eigenvalue weighted by molar-refractivity contribution is -0.140. The molecule has 232 valence electrons. The summed E-state index contributed by atoms with van der Waals surface area (Å²) in [5.74, 6) is -0.0911. The Morgan fingerprint density at radius 2 is 1.68 bits per heavy atom. The Hall–Kier alpha value is -4.71. The van der Waals surface area contributed by atoms with Crippen molar-refractivity contribution in [3.8, 4) is 28.5 Å². The van der Waals surface area contributed by atoms with Gasteiger partial charge in [0.2, 0.25) is 5.91 Å². The third-order valence-corrected chi connectivity index (χ3v) is 6.45. The van der Waals surface area contributed by atoms with Gasteiger partial charge in [-0.15, -0.1) is 0 Å². The number of nitrogens with zero attached hydrogens (tertiary/aromatic N) is 2. The summed E-state index contributed by atoms with van der Waals surface area (Å²) in [7, 11) is 1.58. The molecule has 2 aromatic heterocycles. The Labute approximate surface area is 251 Å². The number of carbonyl (C=O) groups excluding carboxylic acids is 1. The van der Waals surface area contributed by atoms with Gasteiger partial charge in [-0.25, -0.2) is 9.37 Å². The van der Waals surface area contributed by atoms with Crippen LogP contribution in [0.2, 0.25) is 0 Å². The molecule has 2 N–H and O–H groups in total. The highest BCUT2D eigenvalue weighted by atomic mass is 19.4. The minimum Gasteiger partial charge on any atom is -0.497 e. The predicted molar refractivity (Wildman–Crippen MR) is 155 cm³/mol. The van der Waals surface area contributed by atoms with E-state index in [0.29, 0.717) is 29.5 Å². The first-order valence-corrected chi connectivity index (χ1v) is 13.6. The molecular formula is C32H31F4N3O5. The molecule has 0 saturated heterocycles. The molecule has 0 spiro atoms. The normalized spacial score (nSPS) is 11.7. The minimum absolute atomic E-state index is 0.0285. The molecule has 2 heterocycles. The van der Waals surface area contributed by atoms with Gasteiger partial charge in [0.1, 0.15) is 23.8 Å². The summed E-state index contributed by atoms with van der Waals surface area (Å²) in [5.41, 5.74) is -1.94. The first-order chi connectivity index (χ1) is 20.8. The van der Waals surface area contributed by atoms with Gasteiger partial charge in [0.25, 0.3) is 5.88 Å². The molecule has 0 atom stereocenters. The average Bonchev–Trinajstić information content (AvgIpc) is 2.97. The molecule has 1 amide bonds. The van der Waals surface area contributed by atoms with Crippen LogP contribution in [0.25, 0.3) is 11.1 Å². The Morgan fingerprint density at radius 3 is 2.30 bits per heavy atom. The third-order valence-electron chi connectivity index (χ3n) is 6.45. The number of nitrogens with one attached hydrogen (secondary N) is 1. The van der Waals surface area contributed by atoms with Crippen molar-refractivity contribution in [1.29, 1.82) is 0 Å². The van der Waals surface area contributed by atoms with Crippen LogP contribution in [0.15, 0.2) is 67.0 Å². The van der Waals surface area contributed by atoms with Crippen molar-refractivity contribution in [2.45, 2.75) is 45.6 Å². The summed E-state index contributed by atoms with van der Waals surface area (Å²) >= 11 is 0. The van der Waals surface area contributed by atoms with Crippen LogP contribution in [0.3, 0.4) is 0 Å². The highest BCUT2D eigenvalue weighted by molar-refractivity contribution is 5.92. The molecule has 0 saturated carbocycles. The van der Waals surface area contributed by atoms with Crippen molar-refractivity contribution in [1.82, 2.24) is 9.97 Å². The number of hydrogen-bond acceptors (Lipinski definition) is 7. The van der Waals surface area contributed by atoms with E-state index in [4.69, 9.17) is 14.2 Å². The second-order valence-corrected chi connectivity index (χ2v) is 10.3. The molecule has 44 heavy (non-hydrogen) atoms. The van der Waals surface area contributed by atoms with Gasteiger partial charge in [-0.2, -0.15) is 13.2 Å². The lowest BCUT2D eigenvalue weighted by atomic mass is 9.98. The van der Waals surface area contributed by atoms with Crippen molar-refractivity contribution >= 4 is 11.6 Å². The predicted octanol–water partition coefficient (Wildman–Crippen LogP) is 6.70. The topological polar surface area (TPSA) is 103 Å². The number of hydrogen-bond donors (Lipinski definition) is 2. The summed E-state index contributed by atoms with van der Waals surface area (Å²) in [6.45, 7) is 4.73. The molecule has 0 aliphatic heterocycles. The van der Waals surface area contributed by atoms with Gasteiger partial charge in [-0.05, 0) is 67.8 Å². The van der Waals surface area contributed by atoms with Gasteiger partial charge in [0, 0.05) is 11.8 Å². The SMILES string of the molecule is CCOc1cc(-c2ccc(CC(=O)Nc3cnc(C(C)(C)O)c(C(F)(F)F)c3)c(F)c2)cnc1OCc1ccc(OC)cc1. The van der Waals surface area contributed by atoms with E-state index in [1.165, 1.54) is 32.2 Å². The van der Waals surface area contributed by atoms with Crippen LogP contribution in [0.4, 0.5) is 23.2 Å². The Kier molecular flexibility index (Phi) is 9.73. The molecule has 12 heteroatoms. The summed E-state index contributed by atoms with van der Waals surface area (Å²) in [6.07, 6.45) is -2.74. The highest BCUT2D eigenvalue weighted by Crippen LogP contribution is 2.37. The lowest BCUT2D eigenvalue weighted by Gasteiger charge is -2.22. The first kappa shape index (κ1) is 32.2. The number of methoxy groups -OCH3 is 1. The van der Waals surface area contributed by atoms with E-state index in [2.05, 4.69) is 15.3 Å². The van der Waals surface area contributed by atoms with Crippen LogP contribution in [-0.4, -0.2) is 34.7 Å². The lowest BCUT2D eigenvalue weighted by Crippen LogP contribution is -2.25. The molecule has 4 aromatic rings. The Balaban J connectivity index is 1.47. The maximum Gasteiger partial charge on any atom is 0.418 e. The number of aliphatic hydroxyl groups is 1. The quantitative estimate of drug-likeness (QED) is 0.182. The zero-order valence-corrected chi connectivity index (χ0v) is 24.5. The van der Waals surface area contributed by atoms with Crippen molar-refractivity contribution in [2.75, 3.05) is 19.0 Å². The Bertz CT molecular complexity index is 1620. The van der Waals surface area contributed by atoms with Gasteiger partial charge in [-0.1, -0.05) is 24.3 Å². The largest absolute Gasteiger partial charge is 0.497 e. The van der Waals surface area contributed by atoms with E-state index in [1.54, 1.807) is 26.2 Å². The number of ether oxygens (including phenoxy) is 3. The van der Waals surface area contributed by atoms with Crippen LogP contribution in [0.5, 0.6) is 17.4 Å². The van der Waals surface area contributed by atoms with Crippen molar-refractivity contribution < 1.29 is 41.7 Å². The van der Waals surface area contributed by atoms with E-state index in [9.17, 15) is 23.1 Å². The van der Waals surface area contributed by atoms with E-state index in [1.807, 2.05) is 24.3 Å². The minimum atomic E-state index is -4.82. The number of amides is 1. The highest BCUT2D eigenvalue weighted by Gasteiger charge is 2.38. The molecule has 0 fully saturated rings. The second-order valence-electron chi connectivity index (χ2n) is 10.3. The van der Waals surface area contributed by atoms with Crippen LogP contribution < -0.4 is 19.5 Å². The fourth-order valence-electron chi connectivity index (χ4n) is 4.32. The van der Waals surface area contributed by atoms with E-state index in [0.717, 1.165) is 17.5 Å². The summed E-state index contributed by atoms with van der Waals surface area (Å²) in [6, 6.07) is 14.0. The number of anilines is 1. The molecule has 0 radical (unpaired) electrons. The Morgan fingerprint density at radius 1 is 0.955 bits per heavy atom. The number of rotatable bonds is 11. The summed E-state index contributed by atoms with van der Waals surface area (Å²) in [4.78, 5) is 20.7. The molecule has 0 unspecified atom stereocenters. The zero-order chi connectivity index (χ0) is 32.1. The van der Waals surface area contributed by atoms with Crippen LogP contribution in [0, 0.1) is 5.82 Å². The number of alkyl halides is 3. The standard InChI is InChI=1S/C32H31F4N3O5/c1-5-43-27-13-22(16-38-30(27)44-18-19-6-10-24(42-4)11-7-19)20-8-9-21(26(33)12-20)14-28(40)39-23-15-25(32(34,35)36)29(37-17-23)31(2,3)41/h6-13,15-17,41H,5,14,18H2,1-4H3,(H,39,40). The molecule has 0 aliphatic carbocycles. The molecule has 8 nitrogen and oxygen atoms in total. The molecule has 2 aromatic carbocycles. The van der Waals surface area contributed by atoms with Gasteiger partial charge < -0.3 is 24.6 Å². The number of halogens is 4. The van der Waals surface area contributed by atoms with Crippen LogP contribution in [0.1, 0.15) is 43.2 Å². The monoisotopic (exact) mass is 613 g/mol. The van der Waals surface area contributed by atoms with Crippen molar-refractivity contribution in [3.63, 3.8) is 0 Å². The maximum atomic E-state index is 15.1. The van der Waals surface area contributed by atoms with Crippen molar-refractivity contribution in [2.24, 2.45) is 0 Å². The van der Waals surface area contributed by atoms with E-state index >= 15 is 4.39 Å². The van der Waals surface area contributed by atoms with Gasteiger partial charge in [0.15, 0.2) is 5.75 Å². The third kappa shape index (κ3) is 8.01. The average molecular weight is 614 g/mol. The number of carbonyl (C=O) groups is 1. The molecule has 0 aliphatic rings. The summed E-state index contributed by atoms with van der Waals surface area (Å²) in [5, 5.41) is 12.4. The first-order valence-electron chi connectivity index (χ1n) is 13.6. The number of aromatic nitrogens is 2. The fraction of sp³-hybridized carbons (Fsp3) is 0.281. The molecule has 0 bridgehead atoms. The second kappa shape index (κ2) is 13.3. The molecule has 4 rings (SSSR count). The number of pyridine rings is 2. The van der Waals surface area contributed by atoms with E-state index in [-0.39, 0.29) is 23.7 Å². The maximum absolute atomic E-state index is 15.1. The molecular weight excluding hydrogens is 582 g/mol.